The van der Waals surface area contributed by atoms with E-state index in [2.05, 4.69) is 35.8 Å². The first kappa shape index (κ1) is 52.6. The number of carboxylic acids is 1. The highest BCUT2D eigenvalue weighted by Gasteiger charge is 2.40. The van der Waals surface area contributed by atoms with Gasteiger partial charge in [-0.15, -0.1) is 0 Å². The predicted molar refractivity (Wildman–Crippen MR) is 230 cm³/mol. The minimum atomic E-state index is -4.88. The fourth-order valence-electron chi connectivity index (χ4n) is 6.64. The number of phosphoric acid groups is 1. The summed E-state index contributed by atoms with van der Waals surface area (Å²) in [6.07, 6.45) is 1.88. The van der Waals surface area contributed by atoms with Crippen molar-refractivity contribution in [2.75, 3.05) is 19.6 Å². The highest BCUT2D eigenvalue weighted by atomic mass is 31.2. The lowest BCUT2D eigenvalue weighted by Crippen LogP contribution is -2.60. The van der Waals surface area contributed by atoms with E-state index in [9.17, 15) is 48.2 Å². The molecule has 0 bridgehead atoms. The molecule has 17 N–H and O–H groups in total. The summed E-state index contributed by atoms with van der Waals surface area (Å²) in [7, 11) is -4.88. The maximum absolute atomic E-state index is 14.2. The molecule has 348 valence electrons. The van der Waals surface area contributed by atoms with E-state index in [0.717, 1.165) is 0 Å². The Bertz CT molecular complexity index is 1790. The molecule has 2 rings (SSSR count). The number of aliphatic carboxylic acids is 1. The van der Waals surface area contributed by atoms with Gasteiger partial charge in [-0.2, -0.15) is 0 Å². The topological polar surface area (TPSA) is 396 Å². The van der Waals surface area contributed by atoms with Gasteiger partial charge in [0.1, 0.15) is 36.0 Å². The minimum Gasteiger partial charge on any atom is -0.480 e. The molecule has 7 atom stereocenters. The van der Waals surface area contributed by atoms with Crippen molar-refractivity contribution in [3.8, 4) is 5.75 Å². The number of nitrogens with zero attached hydrogens (tertiary/aromatic N) is 3. The Kier molecular flexibility index (Phi) is 21.6. The van der Waals surface area contributed by atoms with Gasteiger partial charge in [0.15, 0.2) is 11.9 Å². The molecule has 0 radical (unpaired) electrons. The second kappa shape index (κ2) is 25.4. The van der Waals surface area contributed by atoms with E-state index in [1.54, 1.807) is 27.7 Å². The summed E-state index contributed by atoms with van der Waals surface area (Å²) in [5.74, 6) is -5.71. The average Bonchev–Trinajstić information content (AvgIpc) is 3.68. The summed E-state index contributed by atoms with van der Waals surface area (Å²) in [5.41, 5.74) is 28.2. The number of hydrogen-bond acceptors (Lipinski definition) is 11. The molecule has 1 aromatic rings. The summed E-state index contributed by atoms with van der Waals surface area (Å²) in [4.78, 5) is 109. The number of guanidine groups is 2. The second-order valence-corrected chi connectivity index (χ2v) is 16.8. The van der Waals surface area contributed by atoms with Crippen LogP contribution in [0.25, 0.3) is 0 Å². The number of carbonyl (C=O) groups is 6. The van der Waals surface area contributed by atoms with E-state index in [-0.39, 0.29) is 81.7 Å². The van der Waals surface area contributed by atoms with Crippen LogP contribution in [0.4, 0.5) is 0 Å². The summed E-state index contributed by atoms with van der Waals surface area (Å²) in [6, 6.07) is -1.71. The molecule has 0 unspecified atom stereocenters. The van der Waals surface area contributed by atoms with Crippen LogP contribution in [0.15, 0.2) is 34.3 Å². The molecule has 0 aliphatic carbocycles. The van der Waals surface area contributed by atoms with Crippen LogP contribution in [0, 0.1) is 11.8 Å². The molecule has 24 heteroatoms. The van der Waals surface area contributed by atoms with Crippen LogP contribution in [0.1, 0.15) is 84.6 Å². The first-order valence-electron chi connectivity index (χ1n) is 20.5. The Hall–Kier alpha value is -5.51. The zero-order valence-electron chi connectivity index (χ0n) is 35.7. The van der Waals surface area contributed by atoms with Gasteiger partial charge in [-0.05, 0) is 74.5 Å². The zero-order chi connectivity index (χ0) is 46.7. The predicted octanol–water partition coefficient (Wildman–Crippen LogP) is -1.76. The maximum Gasteiger partial charge on any atom is 0.524 e. The molecule has 1 saturated heterocycles. The maximum atomic E-state index is 14.2. The molecule has 0 spiro atoms. The normalized spacial score (nSPS) is 16.7. The molecule has 62 heavy (non-hydrogen) atoms. The third kappa shape index (κ3) is 18.6. The smallest absolute Gasteiger partial charge is 0.480 e. The van der Waals surface area contributed by atoms with Crippen molar-refractivity contribution >= 4 is 55.2 Å². The molecular formula is C38H65N12O11P. The first-order valence-corrected chi connectivity index (χ1v) is 22.0. The van der Waals surface area contributed by atoms with Gasteiger partial charge in [-0.3, -0.25) is 43.7 Å². The number of phosphoric ester groups is 1. The number of carboxylic acid groups (broad SMARTS) is 1. The number of hydrogen-bond donors (Lipinski definition) is 12. The molecule has 1 aliphatic heterocycles. The molecule has 0 saturated carbocycles. The number of benzene rings is 1. The molecule has 1 fully saturated rings. The van der Waals surface area contributed by atoms with E-state index in [4.69, 9.17) is 28.7 Å². The molecule has 23 nitrogen and oxygen atoms in total. The van der Waals surface area contributed by atoms with E-state index < -0.39 is 85.5 Å². The minimum absolute atomic E-state index is 0.0742. The highest BCUT2D eigenvalue weighted by Crippen LogP contribution is 2.37. The number of nitrogens with two attached hydrogens (primary N) is 5. The number of aliphatic imine (C=N–C) groups is 2. The number of likely N-dealkylation sites (tertiary alicyclic amines) is 1. The number of carbonyl (C=O) groups excluding carboxylic acids is 5. The largest absolute Gasteiger partial charge is 0.524 e. The van der Waals surface area contributed by atoms with Crippen LogP contribution in [0.3, 0.4) is 0 Å². The first-order chi connectivity index (χ1) is 29.0. The summed E-state index contributed by atoms with van der Waals surface area (Å²) in [6.45, 7) is 7.60. The highest BCUT2D eigenvalue weighted by molar-refractivity contribution is 7.46. The van der Waals surface area contributed by atoms with E-state index in [1.807, 2.05) is 0 Å². The van der Waals surface area contributed by atoms with Crippen LogP contribution in [-0.2, 0) is 39.8 Å². The molecule has 1 aromatic carbocycles. The SMILES string of the molecule is CC[C@H](C)[C@H](NC(=O)[C@H](Cc1ccc(OP(=O)(O)O)cc1)NC(=O)[C@@H]1CCCN1C(=O)[C@H](CCCN=C(N)N)NC(=O)[C@@H](N)CCCN=C(N)N)C(=O)N[C@@H](CC(C)C)C(=O)O. The van der Waals surface area contributed by atoms with Gasteiger partial charge < -0.3 is 64.5 Å². The molecule has 0 aromatic heterocycles. The van der Waals surface area contributed by atoms with Crippen molar-refractivity contribution in [3.63, 3.8) is 0 Å². The van der Waals surface area contributed by atoms with Crippen LogP contribution in [0.2, 0.25) is 0 Å². The van der Waals surface area contributed by atoms with Crippen molar-refractivity contribution in [3.05, 3.63) is 29.8 Å². The van der Waals surface area contributed by atoms with Gasteiger partial charge in [0, 0.05) is 26.1 Å². The van der Waals surface area contributed by atoms with Gasteiger partial charge in [0.25, 0.3) is 0 Å². The third-order valence-corrected chi connectivity index (χ3v) is 10.5. The fourth-order valence-corrected chi connectivity index (χ4v) is 7.04. The lowest BCUT2D eigenvalue weighted by Gasteiger charge is -2.31. The molecular weight excluding hydrogens is 831 g/mol. The third-order valence-electron chi connectivity index (χ3n) is 10.0. The lowest BCUT2D eigenvalue weighted by molar-refractivity contribution is -0.143. The second-order valence-electron chi connectivity index (χ2n) is 15.6. The van der Waals surface area contributed by atoms with Crippen LogP contribution in [-0.4, -0.2) is 123 Å². The number of amides is 5. The lowest BCUT2D eigenvalue weighted by atomic mass is 9.96. The van der Waals surface area contributed by atoms with Crippen molar-refractivity contribution in [2.24, 2.45) is 50.5 Å². The quantitative estimate of drug-likeness (QED) is 0.0212. The Balaban J connectivity index is 2.43. The van der Waals surface area contributed by atoms with Crippen LogP contribution < -0.4 is 54.5 Å². The van der Waals surface area contributed by atoms with E-state index >= 15 is 0 Å². The van der Waals surface area contributed by atoms with Crippen molar-refractivity contribution in [1.29, 1.82) is 0 Å². The summed E-state index contributed by atoms with van der Waals surface area (Å²) >= 11 is 0. The van der Waals surface area contributed by atoms with Gasteiger partial charge >= 0.3 is 13.8 Å². The van der Waals surface area contributed by atoms with Crippen molar-refractivity contribution in [1.82, 2.24) is 26.2 Å². The summed E-state index contributed by atoms with van der Waals surface area (Å²) < 4.78 is 16.0. The standard InChI is InChI=1S/C38H65N12O11P/c1-5-22(4)30(34(54)48-28(36(56)57)19-21(2)3)49-32(52)27(20-23-12-14-24(15-13-23)61-62(58,59)60)47-33(53)29-11-8-18-50(29)35(55)26(10-7-17-45-38(42)43)46-31(51)25(39)9-6-16-44-37(40)41/h12-15,21-22,25-30H,5-11,16-20,39H2,1-4H3,(H,46,51)(H,47,53)(H,48,54)(H,49,52)(H,56,57)(H4,40,41,44)(H4,42,43,45)(H2,58,59,60)/t22-,25-,26-,27-,28-,29-,30-/m0/s1. The number of rotatable bonds is 26. The van der Waals surface area contributed by atoms with Crippen LogP contribution in [0.5, 0.6) is 5.75 Å². The summed E-state index contributed by atoms with van der Waals surface area (Å²) in [5, 5.41) is 20.4. The Labute approximate surface area is 361 Å². The van der Waals surface area contributed by atoms with Gasteiger partial charge in [-0.25, -0.2) is 9.36 Å². The fraction of sp³-hybridized carbons (Fsp3) is 0.632. The molecule has 5 amide bonds. The molecule has 1 heterocycles. The Morgan fingerprint density at radius 2 is 1.42 bits per heavy atom. The monoisotopic (exact) mass is 896 g/mol. The number of nitrogens with one attached hydrogen (secondary N) is 4. The Morgan fingerprint density at radius 3 is 1.95 bits per heavy atom. The van der Waals surface area contributed by atoms with E-state index in [1.165, 1.54) is 29.2 Å². The van der Waals surface area contributed by atoms with Gasteiger partial charge in [0.05, 0.1) is 6.04 Å². The van der Waals surface area contributed by atoms with Gasteiger partial charge in [0.2, 0.25) is 29.5 Å². The van der Waals surface area contributed by atoms with E-state index in [0.29, 0.717) is 24.8 Å². The Morgan fingerprint density at radius 1 is 0.839 bits per heavy atom. The van der Waals surface area contributed by atoms with Crippen molar-refractivity contribution < 1.29 is 52.7 Å². The van der Waals surface area contributed by atoms with Crippen LogP contribution >= 0.6 is 7.82 Å². The molecule has 1 aliphatic rings. The zero-order valence-corrected chi connectivity index (χ0v) is 36.6. The average molecular weight is 897 g/mol. The van der Waals surface area contributed by atoms with Gasteiger partial charge in [-0.1, -0.05) is 46.2 Å². The van der Waals surface area contributed by atoms with Crippen molar-refractivity contribution in [2.45, 2.75) is 122 Å².